The van der Waals surface area contributed by atoms with Crippen LogP contribution in [0.3, 0.4) is 0 Å². The van der Waals surface area contributed by atoms with Gasteiger partial charge >= 0.3 is 0 Å². The van der Waals surface area contributed by atoms with Crippen LogP contribution in [0, 0.1) is 5.82 Å². The molecule has 0 bridgehead atoms. The van der Waals surface area contributed by atoms with Gasteiger partial charge in [-0.1, -0.05) is 18.2 Å². The van der Waals surface area contributed by atoms with Gasteiger partial charge in [0.05, 0.1) is 0 Å². The summed E-state index contributed by atoms with van der Waals surface area (Å²) in [4.78, 5) is 4.13. The highest BCUT2D eigenvalue weighted by Crippen LogP contribution is 2.13. The van der Waals surface area contributed by atoms with Crippen molar-refractivity contribution in [3.05, 3.63) is 65.7 Å². The Morgan fingerprint density at radius 1 is 1.16 bits per heavy atom. The second-order valence-corrected chi connectivity index (χ2v) is 4.91. The van der Waals surface area contributed by atoms with Gasteiger partial charge in [-0.15, -0.1) is 0 Å². The molecule has 0 fully saturated rings. The molecule has 1 N–H and O–H groups in total. The van der Waals surface area contributed by atoms with Gasteiger partial charge in [0.25, 0.3) is 0 Å². The Bertz CT molecular complexity index is 496. The van der Waals surface area contributed by atoms with Crippen LogP contribution in [0.2, 0.25) is 0 Å². The van der Waals surface area contributed by atoms with Gasteiger partial charge in [0, 0.05) is 24.5 Å². The van der Waals surface area contributed by atoms with E-state index in [1.807, 2.05) is 24.4 Å². The fraction of sp³-hybridized carbons (Fsp3) is 0.312. The zero-order valence-corrected chi connectivity index (χ0v) is 11.3. The van der Waals surface area contributed by atoms with Gasteiger partial charge in [-0.05, 0) is 49.6 Å². The molecule has 0 amide bonds. The van der Waals surface area contributed by atoms with E-state index in [2.05, 4.69) is 30.2 Å². The normalized spacial score (nSPS) is 14.1. The Labute approximate surface area is 113 Å². The minimum atomic E-state index is -0.187. The number of pyridine rings is 1. The lowest BCUT2D eigenvalue weighted by atomic mass is 10.0. The molecule has 1 aromatic carbocycles. The molecule has 3 heteroatoms. The summed E-state index contributed by atoms with van der Waals surface area (Å²) in [5.41, 5.74) is 2.31. The topological polar surface area (TPSA) is 24.9 Å². The van der Waals surface area contributed by atoms with Crippen molar-refractivity contribution >= 4 is 0 Å². The first-order valence-corrected chi connectivity index (χ1v) is 6.55. The van der Waals surface area contributed by atoms with Crippen molar-refractivity contribution in [1.82, 2.24) is 10.3 Å². The van der Waals surface area contributed by atoms with Gasteiger partial charge in [0.1, 0.15) is 5.82 Å². The molecule has 0 saturated carbocycles. The maximum atomic E-state index is 12.8. The van der Waals surface area contributed by atoms with Crippen molar-refractivity contribution in [2.24, 2.45) is 0 Å². The molecule has 0 aliphatic rings. The van der Waals surface area contributed by atoms with E-state index in [0.717, 1.165) is 12.0 Å². The van der Waals surface area contributed by atoms with Crippen molar-refractivity contribution < 1.29 is 4.39 Å². The molecule has 0 spiro atoms. The summed E-state index contributed by atoms with van der Waals surface area (Å²) in [6.07, 6.45) is 4.53. The van der Waals surface area contributed by atoms with Crippen molar-refractivity contribution in [3.63, 3.8) is 0 Å². The molecule has 19 heavy (non-hydrogen) atoms. The van der Waals surface area contributed by atoms with E-state index in [-0.39, 0.29) is 11.9 Å². The molecule has 0 radical (unpaired) electrons. The van der Waals surface area contributed by atoms with E-state index in [1.54, 1.807) is 6.20 Å². The van der Waals surface area contributed by atoms with Crippen LogP contribution < -0.4 is 5.32 Å². The third-order valence-corrected chi connectivity index (χ3v) is 3.17. The van der Waals surface area contributed by atoms with E-state index in [0.29, 0.717) is 6.04 Å². The molecule has 100 valence electrons. The summed E-state index contributed by atoms with van der Waals surface area (Å²) >= 11 is 0. The quantitative estimate of drug-likeness (QED) is 0.887. The van der Waals surface area contributed by atoms with Gasteiger partial charge in [-0.3, -0.25) is 4.98 Å². The SMILES string of the molecule is CC(Cc1ccc(F)cc1)N[C@@H](C)c1cccnc1. The second-order valence-electron chi connectivity index (χ2n) is 4.91. The van der Waals surface area contributed by atoms with Crippen molar-refractivity contribution in [2.45, 2.75) is 32.4 Å². The van der Waals surface area contributed by atoms with Crippen LogP contribution in [0.15, 0.2) is 48.8 Å². The number of benzene rings is 1. The van der Waals surface area contributed by atoms with E-state index in [1.165, 1.54) is 17.7 Å². The van der Waals surface area contributed by atoms with E-state index in [9.17, 15) is 4.39 Å². The molecule has 1 aromatic heterocycles. The fourth-order valence-electron chi connectivity index (χ4n) is 2.19. The average Bonchev–Trinajstić information content (AvgIpc) is 2.42. The van der Waals surface area contributed by atoms with E-state index < -0.39 is 0 Å². The van der Waals surface area contributed by atoms with Crippen LogP contribution in [-0.2, 0) is 6.42 Å². The van der Waals surface area contributed by atoms with Gasteiger partial charge in [0.15, 0.2) is 0 Å². The third-order valence-electron chi connectivity index (χ3n) is 3.17. The highest BCUT2D eigenvalue weighted by Gasteiger charge is 2.10. The number of nitrogens with one attached hydrogen (secondary N) is 1. The third kappa shape index (κ3) is 4.14. The first-order valence-electron chi connectivity index (χ1n) is 6.55. The summed E-state index contributed by atoms with van der Waals surface area (Å²) in [5.74, 6) is -0.187. The molecule has 1 unspecified atom stereocenters. The predicted molar refractivity (Wildman–Crippen MR) is 75.4 cm³/mol. The van der Waals surface area contributed by atoms with Gasteiger partial charge < -0.3 is 5.32 Å². The molecule has 0 aliphatic carbocycles. The maximum absolute atomic E-state index is 12.8. The Morgan fingerprint density at radius 3 is 2.53 bits per heavy atom. The van der Waals surface area contributed by atoms with Crippen LogP contribution in [0.4, 0.5) is 4.39 Å². The van der Waals surface area contributed by atoms with E-state index >= 15 is 0 Å². The lowest BCUT2D eigenvalue weighted by Gasteiger charge is -2.20. The number of halogens is 1. The smallest absolute Gasteiger partial charge is 0.123 e. The number of aromatic nitrogens is 1. The fourth-order valence-corrected chi connectivity index (χ4v) is 2.19. The highest BCUT2D eigenvalue weighted by atomic mass is 19.1. The van der Waals surface area contributed by atoms with Crippen LogP contribution in [0.25, 0.3) is 0 Å². The molecular weight excluding hydrogens is 239 g/mol. The minimum Gasteiger partial charge on any atom is -0.307 e. The first kappa shape index (κ1) is 13.7. The summed E-state index contributed by atoms with van der Waals surface area (Å²) < 4.78 is 12.8. The number of hydrogen-bond donors (Lipinski definition) is 1. The Hall–Kier alpha value is -1.74. The molecule has 0 aliphatic heterocycles. The lowest BCUT2D eigenvalue weighted by molar-refractivity contribution is 0.476. The first-order chi connectivity index (χ1) is 9.15. The lowest BCUT2D eigenvalue weighted by Crippen LogP contribution is -2.30. The molecule has 2 atom stereocenters. The number of hydrogen-bond acceptors (Lipinski definition) is 2. The maximum Gasteiger partial charge on any atom is 0.123 e. The van der Waals surface area contributed by atoms with Crippen LogP contribution >= 0.6 is 0 Å². The van der Waals surface area contributed by atoms with Crippen LogP contribution in [0.1, 0.15) is 31.0 Å². The van der Waals surface area contributed by atoms with Crippen molar-refractivity contribution in [3.8, 4) is 0 Å². The zero-order valence-electron chi connectivity index (χ0n) is 11.3. The molecular formula is C16H19FN2. The van der Waals surface area contributed by atoms with E-state index in [4.69, 9.17) is 0 Å². The molecule has 2 rings (SSSR count). The zero-order chi connectivity index (χ0) is 13.7. The van der Waals surface area contributed by atoms with Crippen LogP contribution in [0.5, 0.6) is 0 Å². The van der Waals surface area contributed by atoms with Crippen molar-refractivity contribution in [2.75, 3.05) is 0 Å². The molecule has 2 aromatic rings. The molecule has 0 saturated heterocycles. The number of rotatable bonds is 5. The Balaban J connectivity index is 1.90. The Kier molecular flexibility index (Phi) is 4.63. The van der Waals surface area contributed by atoms with Crippen molar-refractivity contribution in [1.29, 1.82) is 0 Å². The largest absolute Gasteiger partial charge is 0.307 e. The molecule has 1 heterocycles. The standard InChI is InChI=1S/C16H19FN2/c1-12(10-14-5-7-16(17)8-6-14)19-13(2)15-4-3-9-18-11-15/h3-9,11-13,19H,10H2,1-2H3/t12?,13-/m0/s1. The van der Waals surface area contributed by atoms with Gasteiger partial charge in [-0.2, -0.15) is 0 Å². The monoisotopic (exact) mass is 258 g/mol. The second kappa shape index (κ2) is 6.43. The summed E-state index contributed by atoms with van der Waals surface area (Å²) in [6, 6.07) is 11.3. The van der Waals surface area contributed by atoms with Crippen LogP contribution in [-0.4, -0.2) is 11.0 Å². The summed E-state index contributed by atoms with van der Waals surface area (Å²) in [5, 5.41) is 3.53. The average molecular weight is 258 g/mol. The number of nitrogens with zero attached hydrogens (tertiary/aromatic N) is 1. The Morgan fingerprint density at radius 2 is 1.89 bits per heavy atom. The summed E-state index contributed by atoms with van der Waals surface area (Å²) in [6.45, 7) is 4.26. The van der Waals surface area contributed by atoms with Gasteiger partial charge in [-0.25, -0.2) is 4.39 Å². The summed E-state index contributed by atoms with van der Waals surface area (Å²) in [7, 11) is 0. The highest BCUT2D eigenvalue weighted by molar-refractivity contribution is 5.18. The predicted octanol–water partition coefficient (Wildman–Crippen LogP) is 3.50. The molecule has 2 nitrogen and oxygen atoms in total. The minimum absolute atomic E-state index is 0.187. The van der Waals surface area contributed by atoms with Gasteiger partial charge in [0.2, 0.25) is 0 Å².